The van der Waals surface area contributed by atoms with Crippen molar-refractivity contribution in [3.63, 3.8) is 0 Å². The highest BCUT2D eigenvalue weighted by molar-refractivity contribution is 14.1. The first kappa shape index (κ1) is 15.6. The van der Waals surface area contributed by atoms with Crippen LogP contribution in [0.3, 0.4) is 0 Å². The number of halogens is 1. The zero-order chi connectivity index (χ0) is 16.0. The molecule has 0 aliphatic carbocycles. The number of ether oxygens (including phenoxy) is 1. The maximum Gasteiger partial charge on any atom is 0.207 e. The van der Waals surface area contributed by atoms with Crippen LogP contribution in [0.25, 0.3) is 11.2 Å². The molecular formula is C11H15IN6O4. The van der Waals surface area contributed by atoms with Crippen molar-refractivity contribution in [3.05, 3.63) is 3.83 Å². The number of nitrogens with two attached hydrogens (primary N) is 1. The monoisotopic (exact) mass is 422 g/mol. The van der Waals surface area contributed by atoms with E-state index in [2.05, 4.69) is 20.3 Å². The van der Waals surface area contributed by atoms with Crippen molar-refractivity contribution in [2.75, 3.05) is 24.7 Å². The van der Waals surface area contributed by atoms with Crippen LogP contribution in [0.1, 0.15) is 6.23 Å². The van der Waals surface area contributed by atoms with Gasteiger partial charge in [-0.05, 0) is 0 Å². The lowest BCUT2D eigenvalue weighted by Gasteiger charge is -2.19. The maximum atomic E-state index is 10.2. The summed E-state index contributed by atoms with van der Waals surface area (Å²) >= 11 is 1.92. The first-order chi connectivity index (χ1) is 10.5. The van der Waals surface area contributed by atoms with E-state index in [1.807, 2.05) is 22.6 Å². The number of nitrogens with zero attached hydrogens (tertiary/aromatic N) is 4. The summed E-state index contributed by atoms with van der Waals surface area (Å²) in [6.45, 7) is -0.412. The number of anilines is 2. The number of aliphatic hydroxyl groups excluding tert-OH is 3. The molecule has 1 aliphatic rings. The van der Waals surface area contributed by atoms with E-state index in [1.165, 1.54) is 4.57 Å². The molecule has 2 aromatic rings. The van der Waals surface area contributed by atoms with E-state index in [4.69, 9.17) is 10.5 Å². The summed E-state index contributed by atoms with van der Waals surface area (Å²) in [5.74, 6) is 0.559. The van der Waals surface area contributed by atoms with E-state index < -0.39 is 31.1 Å². The second-order valence-corrected chi connectivity index (χ2v) is 5.80. The number of rotatable bonds is 3. The van der Waals surface area contributed by atoms with Crippen molar-refractivity contribution < 1.29 is 20.1 Å². The number of aromatic nitrogens is 4. The van der Waals surface area contributed by atoms with Gasteiger partial charge in [-0.1, -0.05) is 0 Å². The summed E-state index contributed by atoms with van der Waals surface area (Å²) in [6, 6.07) is 0. The van der Waals surface area contributed by atoms with Crippen LogP contribution in [0.4, 0.5) is 11.8 Å². The van der Waals surface area contributed by atoms with Gasteiger partial charge >= 0.3 is 0 Å². The van der Waals surface area contributed by atoms with Crippen LogP contribution in [0.5, 0.6) is 0 Å². The summed E-state index contributed by atoms with van der Waals surface area (Å²) in [7, 11) is 1.65. The molecule has 11 heteroatoms. The number of hydrogen-bond donors (Lipinski definition) is 5. The van der Waals surface area contributed by atoms with Gasteiger partial charge in [-0.25, -0.2) is 15.0 Å². The van der Waals surface area contributed by atoms with E-state index in [0.717, 1.165) is 0 Å². The van der Waals surface area contributed by atoms with Crippen LogP contribution in [0.15, 0.2) is 0 Å². The molecule has 3 heterocycles. The molecule has 6 N–H and O–H groups in total. The zero-order valence-corrected chi connectivity index (χ0v) is 13.7. The van der Waals surface area contributed by atoms with Crippen molar-refractivity contribution >= 4 is 45.5 Å². The molecule has 0 radical (unpaired) electrons. The van der Waals surface area contributed by atoms with Crippen LogP contribution in [0, 0.1) is 3.83 Å². The van der Waals surface area contributed by atoms with Crippen LogP contribution < -0.4 is 11.1 Å². The molecule has 10 nitrogen and oxygen atoms in total. The Morgan fingerprint density at radius 1 is 1.32 bits per heavy atom. The highest BCUT2D eigenvalue weighted by atomic mass is 127. The topological polar surface area (TPSA) is 152 Å². The van der Waals surface area contributed by atoms with Gasteiger partial charge in [0.15, 0.2) is 27.0 Å². The molecule has 0 unspecified atom stereocenters. The number of nitrogen functional groups attached to an aromatic ring is 1. The summed E-state index contributed by atoms with van der Waals surface area (Å²) in [6.07, 6.45) is -4.30. The average molecular weight is 422 g/mol. The molecule has 22 heavy (non-hydrogen) atoms. The number of aliphatic hydroxyl groups is 3. The number of nitrogens with one attached hydrogen (secondary N) is 1. The third-order valence-corrected chi connectivity index (χ3v) is 4.02. The van der Waals surface area contributed by atoms with E-state index in [-0.39, 0.29) is 5.82 Å². The predicted octanol–water partition coefficient (Wildman–Crippen LogP) is -1.33. The van der Waals surface area contributed by atoms with E-state index in [0.29, 0.717) is 20.9 Å². The molecule has 1 saturated heterocycles. The summed E-state index contributed by atoms with van der Waals surface area (Å²) in [5.41, 5.74) is 6.59. The lowest BCUT2D eigenvalue weighted by atomic mass is 10.1. The predicted molar refractivity (Wildman–Crippen MR) is 85.0 cm³/mol. The fourth-order valence-corrected chi connectivity index (χ4v) is 2.97. The SMILES string of the molecule is CNc1nc2c(N)nc(I)nc2n1[C@@H]1O[C@H](CO)[C@H](O)[C@H]1O. The molecule has 0 spiro atoms. The van der Waals surface area contributed by atoms with Crippen LogP contribution in [-0.2, 0) is 4.74 Å². The second kappa shape index (κ2) is 5.73. The Morgan fingerprint density at radius 2 is 2.05 bits per heavy atom. The standard InChI is InChI=1S/C11H15IN6O4/c1-14-11-15-4-7(13)16-10(12)17-8(4)18(11)9-6(21)5(20)3(2-19)22-9/h3,5-6,9,19-21H,2H2,1H3,(H,14,15)(H2,13,16,17)/t3-,5+,6-,9-/m1/s1. The van der Waals surface area contributed by atoms with Gasteiger partial charge in [0, 0.05) is 29.6 Å². The molecule has 0 amide bonds. The third-order valence-electron chi connectivity index (χ3n) is 3.53. The van der Waals surface area contributed by atoms with Crippen molar-refractivity contribution in [1.29, 1.82) is 0 Å². The lowest BCUT2D eigenvalue weighted by molar-refractivity contribution is -0.0501. The minimum Gasteiger partial charge on any atom is -0.394 e. The summed E-state index contributed by atoms with van der Waals surface area (Å²) in [5, 5.41) is 32.2. The quantitative estimate of drug-likeness (QED) is 0.299. The first-order valence-corrected chi connectivity index (χ1v) is 7.57. The fraction of sp³-hybridized carbons (Fsp3) is 0.545. The molecular weight excluding hydrogens is 407 g/mol. The Kier molecular flexibility index (Phi) is 4.07. The van der Waals surface area contributed by atoms with Crippen molar-refractivity contribution in [1.82, 2.24) is 19.5 Å². The zero-order valence-electron chi connectivity index (χ0n) is 11.5. The first-order valence-electron chi connectivity index (χ1n) is 6.49. The van der Waals surface area contributed by atoms with E-state index >= 15 is 0 Å². The van der Waals surface area contributed by atoms with Crippen LogP contribution in [0.2, 0.25) is 0 Å². The molecule has 0 saturated carbocycles. The van der Waals surface area contributed by atoms with Gasteiger partial charge in [-0.15, -0.1) is 0 Å². The van der Waals surface area contributed by atoms with E-state index in [1.54, 1.807) is 7.05 Å². The third kappa shape index (κ3) is 2.28. The maximum absolute atomic E-state index is 10.2. The highest BCUT2D eigenvalue weighted by Crippen LogP contribution is 2.35. The van der Waals surface area contributed by atoms with Gasteiger partial charge in [0.2, 0.25) is 5.95 Å². The van der Waals surface area contributed by atoms with Gasteiger partial charge in [-0.3, -0.25) is 4.57 Å². The molecule has 3 rings (SSSR count). The largest absolute Gasteiger partial charge is 0.394 e. The fourth-order valence-electron chi connectivity index (χ4n) is 2.48. The minimum absolute atomic E-state index is 0.205. The Hall–Kier alpha value is -1.28. The van der Waals surface area contributed by atoms with Gasteiger partial charge in [0.05, 0.1) is 6.61 Å². The minimum atomic E-state index is -1.24. The van der Waals surface area contributed by atoms with Crippen LogP contribution >= 0.6 is 22.6 Å². The summed E-state index contributed by atoms with van der Waals surface area (Å²) in [4.78, 5) is 12.6. The Balaban J connectivity index is 2.18. The van der Waals surface area contributed by atoms with Gasteiger partial charge in [0.25, 0.3) is 0 Å². The number of fused-ring (bicyclic) bond motifs is 1. The molecule has 0 aromatic carbocycles. The van der Waals surface area contributed by atoms with Crippen LogP contribution in [-0.4, -0.2) is 66.8 Å². The Bertz CT molecular complexity index is 709. The number of hydrogen-bond acceptors (Lipinski definition) is 9. The van der Waals surface area contributed by atoms with Crippen molar-refractivity contribution in [2.24, 2.45) is 0 Å². The van der Waals surface area contributed by atoms with Gasteiger partial charge in [-0.2, -0.15) is 0 Å². The van der Waals surface area contributed by atoms with E-state index in [9.17, 15) is 15.3 Å². The van der Waals surface area contributed by atoms with Crippen molar-refractivity contribution in [2.45, 2.75) is 24.5 Å². The van der Waals surface area contributed by atoms with Crippen molar-refractivity contribution in [3.8, 4) is 0 Å². The number of imidazole rings is 1. The summed E-state index contributed by atoms with van der Waals surface area (Å²) < 4.78 is 7.45. The molecule has 2 aromatic heterocycles. The highest BCUT2D eigenvalue weighted by Gasteiger charge is 2.45. The molecule has 1 fully saturated rings. The lowest BCUT2D eigenvalue weighted by Crippen LogP contribution is -2.33. The molecule has 1 aliphatic heterocycles. The Morgan fingerprint density at radius 3 is 2.64 bits per heavy atom. The molecule has 0 bridgehead atoms. The van der Waals surface area contributed by atoms with Gasteiger partial charge in [0.1, 0.15) is 18.3 Å². The average Bonchev–Trinajstić information content (AvgIpc) is 2.98. The molecule has 4 atom stereocenters. The molecule has 120 valence electrons. The normalized spacial score (nSPS) is 28.4. The smallest absolute Gasteiger partial charge is 0.207 e. The second-order valence-electron chi connectivity index (χ2n) is 4.83. The van der Waals surface area contributed by atoms with Gasteiger partial charge < -0.3 is 31.1 Å². The Labute approximate surface area is 138 Å².